The number of carboxylic acid groups (broad SMARTS) is 1. The van der Waals surface area contributed by atoms with E-state index in [4.69, 9.17) is 5.11 Å². The van der Waals surface area contributed by atoms with Gasteiger partial charge < -0.3 is 14.9 Å². The van der Waals surface area contributed by atoms with E-state index in [1.54, 1.807) is 17.0 Å². The summed E-state index contributed by atoms with van der Waals surface area (Å²) in [6.45, 7) is -0.0902. The summed E-state index contributed by atoms with van der Waals surface area (Å²) in [6, 6.07) is 3.60. The van der Waals surface area contributed by atoms with Gasteiger partial charge in [0.1, 0.15) is 12.6 Å². The summed E-state index contributed by atoms with van der Waals surface area (Å²) in [5.41, 5.74) is 0.610. The predicted molar refractivity (Wildman–Crippen MR) is 99.5 cm³/mol. The Balaban J connectivity index is 1.61. The molecule has 3 aliphatic rings. The Morgan fingerprint density at radius 2 is 1.87 bits per heavy atom. The molecule has 0 aliphatic carbocycles. The molecule has 1 atom stereocenters. The van der Waals surface area contributed by atoms with Gasteiger partial charge in [0.2, 0.25) is 17.7 Å². The maximum atomic E-state index is 13.1. The fourth-order valence-electron chi connectivity index (χ4n) is 4.01. The first-order chi connectivity index (χ1) is 14.3. The average Bonchev–Trinajstić information content (AvgIpc) is 2.94. The third kappa shape index (κ3) is 3.17. The Bertz CT molecular complexity index is 1000. The molecule has 2 N–H and O–H groups in total. The Kier molecular flexibility index (Phi) is 4.72. The minimum absolute atomic E-state index is 0.0245. The summed E-state index contributed by atoms with van der Waals surface area (Å²) in [5.74, 6) is -3.94. The quantitative estimate of drug-likeness (QED) is 0.586. The van der Waals surface area contributed by atoms with Crippen LogP contribution >= 0.6 is 0 Å². The van der Waals surface area contributed by atoms with Gasteiger partial charge in [-0.3, -0.25) is 39.0 Å². The summed E-state index contributed by atoms with van der Waals surface area (Å²) in [5, 5.41) is 11.0. The number of fused-ring (bicyclic) bond motifs is 1. The molecule has 2 fully saturated rings. The molecule has 3 aliphatic heterocycles. The molecule has 1 aromatic rings. The number of aliphatic carboxylic acids is 1. The number of piperazine rings is 1. The molecule has 1 aromatic carbocycles. The van der Waals surface area contributed by atoms with Gasteiger partial charge in [-0.05, 0) is 18.6 Å². The second-order valence-corrected chi connectivity index (χ2v) is 7.28. The van der Waals surface area contributed by atoms with Crippen LogP contribution in [-0.2, 0) is 19.2 Å². The zero-order valence-corrected chi connectivity index (χ0v) is 15.8. The molecule has 11 heteroatoms. The van der Waals surface area contributed by atoms with Crippen molar-refractivity contribution in [2.75, 3.05) is 31.1 Å². The summed E-state index contributed by atoms with van der Waals surface area (Å²) < 4.78 is 0. The lowest BCUT2D eigenvalue weighted by molar-refractivity contribution is -0.144. The smallest absolute Gasteiger partial charge is 0.323 e. The van der Waals surface area contributed by atoms with Gasteiger partial charge in [-0.2, -0.15) is 0 Å². The zero-order valence-electron chi connectivity index (χ0n) is 15.8. The number of hydrogen-bond donors (Lipinski definition) is 2. The standard InChI is InChI=1S/C19H18N4O7/c24-13-5-4-12(17(28)20-13)23-18(29)10-2-1-3-11(16(10)19(23)30)21-6-7-22(9-15(26)27)14(25)8-21/h1-3,12H,4-9H2,(H,26,27)(H,20,24,28). The molecule has 4 rings (SSSR count). The fraction of sp³-hybridized carbons (Fsp3) is 0.368. The molecular weight excluding hydrogens is 396 g/mol. The molecule has 0 aromatic heterocycles. The van der Waals surface area contributed by atoms with Crippen molar-refractivity contribution in [1.82, 2.24) is 15.1 Å². The molecule has 5 amide bonds. The lowest BCUT2D eigenvalue weighted by Gasteiger charge is -2.35. The van der Waals surface area contributed by atoms with Gasteiger partial charge in [-0.1, -0.05) is 6.07 Å². The Hall–Kier alpha value is -3.76. The number of nitrogens with zero attached hydrogens (tertiary/aromatic N) is 3. The number of anilines is 1. The van der Waals surface area contributed by atoms with Crippen LogP contribution in [0.25, 0.3) is 0 Å². The van der Waals surface area contributed by atoms with Gasteiger partial charge >= 0.3 is 5.97 Å². The van der Waals surface area contributed by atoms with Crippen LogP contribution in [-0.4, -0.2) is 82.6 Å². The minimum Gasteiger partial charge on any atom is -0.480 e. The highest BCUT2D eigenvalue weighted by Crippen LogP contribution is 2.34. The molecule has 156 valence electrons. The van der Waals surface area contributed by atoms with Crippen molar-refractivity contribution >= 4 is 41.2 Å². The number of carboxylic acids is 1. The molecule has 0 radical (unpaired) electrons. The van der Waals surface area contributed by atoms with Crippen LogP contribution in [0.3, 0.4) is 0 Å². The van der Waals surface area contributed by atoms with E-state index in [9.17, 15) is 28.8 Å². The monoisotopic (exact) mass is 414 g/mol. The van der Waals surface area contributed by atoms with Crippen molar-refractivity contribution in [2.45, 2.75) is 18.9 Å². The van der Waals surface area contributed by atoms with E-state index in [-0.39, 0.29) is 43.6 Å². The number of nitrogens with one attached hydrogen (secondary N) is 1. The molecule has 0 bridgehead atoms. The lowest BCUT2D eigenvalue weighted by Crippen LogP contribution is -2.54. The number of rotatable bonds is 4. The average molecular weight is 414 g/mol. The van der Waals surface area contributed by atoms with Crippen LogP contribution in [0.15, 0.2) is 18.2 Å². The summed E-state index contributed by atoms with van der Waals surface area (Å²) in [4.78, 5) is 76.5. The third-order valence-corrected chi connectivity index (χ3v) is 5.43. The molecule has 2 saturated heterocycles. The minimum atomic E-state index is -1.11. The third-order valence-electron chi connectivity index (χ3n) is 5.43. The van der Waals surface area contributed by atoms with E-state index >= 15 is 0 Å². The van der Waals surface area contributed by atoms with Crippen LogP contribution in [0.5, 0.6) is 0 Å². The van der Waals surface area contributed by atoms with Gasteiger partial charge in [-0.15, -0.1) is 0 Å². The zero-order chi connectivity index (χ0) is 21.6. The molecule has 3 heterocycles. The maximum absolute atomic E-state index is 13.1. The van der Waals surface area contributed by atoms with Gasteiger partial charge in [0, 0.05) is 19.5 Å². The van der Waals surface area contributed by atoms with Crippen LogP contribution < -0.4 is 10.2 Å². The number of carbonyl (C=O) groups excluding carboxylic acids is 5. The highest BCUT2D eigenvalue weighted by atomic mass is 16.4. The number of piperidine rings is 1. The summed E-state index contributed by atoms with van der Waals surface area (Å²) in [7, 11) is 0. The Morgan fingerprint density at radius 3 is 2.53 bits per heavy atom. The van der Waals surface area contributed by atoms with Gasteiger partial charge in [0.15, 0.2) is 0 Å². The van der Waals surface area contributed by atoms with E-state index in [1.807, 2.05) is 0 Å². The molecule has 0 spiro atoms. The molecular formula is C19H18N4O7. The van der Waals surface area contributed by atoms with Crippen LogP contribution in [0.1, 0.15) is 33.6 Å². The number of imide groups is 2. The largest absolute Gasteiger partial charge is 0.480 e. The predicted octanol–water partition coefficient (Wildman–Crippen LogP) is -1.18. The SMILES string of the molecule is O=C(O)CN1CCN(c2cccc3c2C(=O)N(C2CCC(=O)NC2=O)C3=O)CC1=O. The first-order valence-corrected chi connectivity index (χ1v) is 9.37. The summed E-state index contributed by atoms with van der Waals surface area (Å²) >= 11 is 0. The molecule has 0 saturated carbocycles. The van der Waals surface area contributed by atoms with E-state index in [1.165, 1.54) is 11.0 Å². The van der Waals surface area contributed by atoms with Crippen molar-refractivity contribution in [3.63, 3.8) is 0 Å². The van der Waals surface area contributed by atoms with Crippen LogP contribution in [0.2, 0.25) is 0 Å². The first-order valence-electron chi connectivity index (χ1n) is 9.37. The normalized spacial score (nSPS) is 21.8. The number of carbonyl (C=O) groups is 6. The lowest BCUT2D eigenvalue weighted by atomic mass is 10.0. The molecule has 30 heavy (non-hydrogen) atoms. The van der Waals surface area contributed by atoms with E-state index < -0.39 is 48.1 Å². The molecule has 1 unspecified atom stereocenters. The Labute approximate surface area is 170 Å². The van der Waals surface area contributed by atoms with Gasteiger partial charge in [0.05, 0.1) is 23.4 Å². The maximum Gasteiger partial charge on any atom is 0.323 e. The van der Waals surface area contributed by atoms with Crippen molar-refractivity contribution in [3.8, 4) is 0 Å². The second-order valence-electron chi connectivity index (χ2n) is 7.28. The van der Waals surface area contributed by atoms with Crippen molar-refractivity contribution < 1.29 is 33.9 Å². The number of hydrogen-bond acceptors (Lipinski definition) is 7. The fourth-order valence-corrected chi connectivity index (χ4v) is 4.01. The molecule has 11 nitrogen and oxygen atoms in total. The van der Waals surface area contributed by atoms with Crippen molar-refractivity contribution in [2.24, 2.45) is 0 Å². The number of benzene rings is 1. The highest BCUT2D eigenvalue weighted by Gasteiger charge is 2.46. The number of amides is 5. The van der Waals surface area contributed by atoms with Crippen molar-refractivity contribution in [3.05, 3.63) is 29.3 Å². The Morgan fingerprint density at radius 1 is 1.10 bits per heavy atom. The van der Waals surface area contributed by atoms with E-state index in [2.05, 4.69) is 5.32 Å². The summed E-state index contributed by atoms with van der Waals surface area (Å²) in [6.07, 6.45) is 0.0779. The first kappa shape index (κ1) is 19.6. The van der Waals surface area contributed by atoms with Crippen LogP contribution in [0.4, 0.5) is 5.69 Å². The van der Waals surface area contributed by atoms with Gasteiger partial charge in [-0.25, -0.2) is 0 Å². The van der Waals surface area contributed by atoms with Crippen molar-refractivity contribution in [1.29, 1.82) is 0 Å². The van der Waals surface area contributed by atoms with Gasteiger partial charge in [0.25, 0.3) is 11.8 Å². The topological polar surface area (TPSA) is 144 Å². The highest BCUT2D eigenvalue weighted by molar-refractivity contribution is 6.25. The van der Waals surface area contributed by atoms with Crippen LogP contribution in [0, 0.1) is 0 Å². The van der Waals surface area contributed by atoms with E-state index in [0.29, 0.717) is 5.69 Å². The second kappa shape index (κ2) is 7.25. The van der Waals surface area contributed by atoms with E-state index in [0.717, 1.165) is 4.90 Å².